The van der Waals surface area contributed by atoms with Gasteiger partial charge >= 0.3 is 0 Å². The Morgan fingerprint density at radius 2 is 2.30 bits per heavy atom. The fraction of sp³-hybridized carbons (Fsp3) is 0.667. The lowest BCUT2D eigenvalue weighted by Gasteiger charge is -2.25. The summed E-state index contributed by atoms with van der Waals surface area (Å²) < 4.78 is 0. The number of nitrogens with zero attached hydrogens (tertiary/aromatic N) is 1. The molecule has 0 spiro atoms. The summed E-state index contributed by atoms with van der Waals surface area (Å²) in [5.74, 6) is 1.67. The number of aliphatic imine (C=N–C) groups is 1. The molecule has 3 atom stereocenters. The van der Waals surface area contributed by atoms with Crippen molar-refractivity contribution in [2.24, 2.45) is 16.8 Å². The van der Waals surface area contributed by atoms with Crippen molar-refractivity contribution in [2.75, 3.05) is 0 Å². The van der Waals surface area contributed by atoms with Gasteiger partial charge in [0.15, 0.2) is 0 Å². The van der Waals surface area contributed by atoms with E-state index in [1.165, 1.54) is 12.8 Å². The quantitative estimate of drug-likeness (QED) is 0.451. The van der Waals surface area contributed by atoms with Crippen LogP contribution in [-0.2, 0) is 0 Å². The van der Waals surface area contributed by atoms with Gasteiger partial charge in [0.05, 0.1) is 6.04 Å². The summed E-state index contributed by atoms with van der Waals surface area (Å²) in [7, 11) is 0. The molecule has 1 heterocycles. The van der Waals surface area contributed by atoms with Crippen LogP contribution in [0.1, 0.15) is 19.8 Å². The molecule has 10 heavy (non-hydrogen) atoms. The predicted octanol–water partition coefficient (Wildman–Crippen LogP) is 2.04. The molecule has 0 aromatic rings. The summed E-state index contributed by atoms with van der Waals surface area (Å²) in [5.41, 5.74) is 0. The largest absolute Gasteiger partial charge is 0.290 e. The monoisotopic (exact) mass is 135 g/mol. The lowest BCUT2D eigenvalue weighted by Crippen LogP contribution is -2.22. The van der Waals surface area contributed by atoms with E-state index >= 15 is 0 Å². The Labute approximate surface area is 61.9 Å². The minimum absolute atomic E-state index is 0.531. The Bertz CT molecular complexity index is 181. The summed E-state index contributed by atoms with van der Waals surface area (Å²) in [5, 5.41) is 0. The molecule has 0 aromatic carbocycles. The van der Waals surface area contributed by atoms with Crippen LogP contribution in [-0.4, -0.2) is 12.3 Å². The summed E-state index contributed by atoms with van der Waals surface area (Å²) in [6.45, 7) is 2.33. The first-order chi connectivity index (χ1) is 4.88. The molecule has 0 saturated heterocycles. The number of hydrogen-bond donors (Lipinski definition) is 0. The van der Waals surface area contributed by atoms with Crippen molar-refractivity contribution in [1.82, 2.24) is 0 Å². The van der Waals surface area contributed by atoms with E-state index < -0.39 is 0 Å². The molecule has 0 bridgehead atoms. The zero-order valence-electron chi connectivity index (χ0n) is 6.33. The van der Waals surface area contributed by atoms with Crippen LogP contribution in [0.2, 0.25) is 0 Å². The van der Waals surface area contributed by atoms with Crippen molar-refractivity contribution in [3.63, 3.8) is 0 Å². The molecule has 0 amide bonds. The van der Waals surface area contributed by atoms with Crippen LogP contribution in [0.3, 0.4) is 0 Å². The van der Waals surface area contributed by atoms with Gasteiger partial charge in [-0.3, -0.25) is 4.99 Å². The van der Waals surface area contributed by atoms with E-state index in [4.69, 9.17) is 0 Å². The van der Waals surface area contributed by atoms with Crippen molar-refractivity contribution in [3.05, 3.63) is 12.2 Å². The minimum atomic E-state index is 0.531. The average molecular weight is 135 g/mol. The molecule has 0 radical (unpaired) electrons. The lowest BCUT2D eigenvalue weighted by molar-refractivity contribution is 0.345. The van der Waals surface area contributed by atoms with Crippen molar-refractivity contribution in [2.45, 2.75) is 25.8 Å². The third-order valence-electron chi connectivity index (χ3n) is 2.67. The van der Waals surface area contributed by atoms with E-state index in [1.54, 1.807) is 0 Å². The van der Waals surface area contributed by atoms with Gasteiger partial charge in [-0.05, 0) is 30.9 Å². The highest BCUT2D eigenvalue weighted by Gasteiger charge is 2.28. The van der Waals surface area contributed by atoms with Gasteiger partial charge in [0.2, 0.25) is 0 Å². The fourth-order valence-electron chi connectivity index (χ4n) is 1.92. The van der Waals surface area contributed by atoms with Crippen LogP contribution in [0.4, 0.5) is 0 Å². The summed E-state index contributed by atoms with van der Waals surface area (Å²) in [6, 6.07) is 0.531. The Morgan fingerprint density at radius 1 is 1.40 bits per heavy atom. The number of rotatable bonds is 0. The molecule has 54 valence electrons. The van der Waals surface area contributed by atoms with Crippen molar-refractivity contribution >= 4 is 6.21 Å². The smallest absolute Gasteiger partial charge is 0.0710 e. The van der Waals surface area contributed by atoms with E-state index in [0.717, 1.165) is 11.8 Å². The standard InChI is InChI=1S/C9H13N/c1-7-3-2-4-9-8(7)5-6-10-9/h2,4,6-9H,3,5H2,1H3. The molecule has 1 nitrogen and oxygen atoms in total. The average Bonchev–Trinajstić information content (AvgIpc) is 2.36. The molecular formula is C9H13N. The number of allylic oxidation sites excluding steroid dienone is 1. The first kappa shape index (κ1) is 6.14. The maximum Gasteiger partial charge on any atom is 0.0710 e. The Hall–Kier alpha value is -0.590. The molecule has 1 aliphatic carbocycles. The molecular weight excluding hydrogens is 122 g/mol. The van der Waals surface area contributed by atoms with E-state index in [0.29, 0.717) is 6.04 Å². The second-order valence-electron chi connectivity index (χ2n) is 3.36. The van der Waals surface area contributed by atoms with E-state index in [-0.39, 0.29) is 0 Å². The second kappa shape index (κ2) is 2.22. The molecule has 0 N–H and O–H groups in total. The van der Waals surface area contributed by atoms with Gasteiger partial charge < -0.3 is 0 Å². The molecule has 0 fully saturated rings. The van der Waals surface area contributed by atoms with Crippen LogP contribution in [0.5, 0.6) is 0 Å². The molecule has 3 unspecified atom stereocenters. The topological polar surface area (TPSA) is 12.4 Å². The minimum Gasteiger partial charge on any atom is -0.290 e. The third kappa shape index (κ3) is 0.808. The highest BCUT2D eigenvalue weighted by atomic mass is 14.8. The van der Waals surface area contributed by atoms with Gasteiger partial charge in [-0.2, -0.15) is 0 Å². The predicted molar refractivity (Wildman–Crippen MR) is 43.3 cm³/mol. The van der Waals surface area contributed by atoms with Gasteiger partial charge in [0.25, 0.3) is 0 Å². The van der Waals surface area contributed by atoms with Gasteiger partial charge in [0, 0.05) is 0 Å². The normalized spacial score (nSPS) is 43.9. The van der Waals surface area contributed by atoms with Crippen LogP contribution in [0.15, 0.2) is 17.1 Å². The zero-order chi connectivity index (χ0) is 6.97. The van der Waals surface area contributed by atoms with E-state index in [1.807, 2.05) is 0 Å². The maximum atomic E-state index is 4.40. The SMILES string of the molecule is CC1CC=CC2N=CCC12. The van der Waals surface area contributed by atoms with Crippen molar-refractivity contribution < 1.29 is 0 Å². The first-order valence-electron chi connectivity index (χ1n) is 4.06. The number of fused-ring (bicyclic) bond motifs is 1. The highest BCUT2D eigenvalue weighted by molar-refractivity contribution is 5.61. The van der Waals surface area contributed by atoms with E-state index in [9.17, 15) is 0 Å². The van der Waals surface area contributed by atoms with Gasteiger partial charge in [-0.25, -0.2) is 0 Å². The molecule has 2 rings (SSSR count). The van der Waals surface area contributed by atoms with Gasteiger partial charge in [0.1, 0.15) is 0 Å². The molecule has 0 aromatic heterocycles. The Morgan fingerprint density at radius 3 is 3.10 bits per heavy atom. The summed E-state index contributed by atoms with van der Waals surface area (Å²) in [4.78, 5) is 4.40. The second-order valence-corrected chi connectivity index (χ2v) is 3.36. The van der Waals surface area contributed by atoms with Crippen molar-refractivity contribution in [3.8, 4) is 0 Å². The number of hydrogen-bond acceptors (Lipinski definition) is 1. The Balaban J connectivity index is 2.19. The third-order valence-corrected chi connectivity index (χ3v) is 2.67. The van der Waals surface area contributed by atoms with E-state index in [2.05, 4.69) is 30.3 Å². The zero-order valence-corrected chi connectivity index (χ0v) is 6.33. The molecule has 2 aliphatic rings. The van der Waals surface area contributed by atoms with Gasteiger partial charge in [-0.15, -0.1) is 0 Å². The van der Waals surface area contributed by atoms with Crippen LogP contribution >= 0.6 is 0 Å². The fourth-order valence-corrected chi connectivity index (χ4v) is 1.92. The first-order valence-corrected chi connectivity index (χ1v) is 4.06. The van der Waals surface area contributed by atoms with Crippen LogP contribution in [0, 0.1) is 11.8 Å². The highest BCUT2D eigenvalue weighted by Crippen LogP contribution is 2.32. The molecule has 1 aliphatic heterocycles. The van der Waals surface area contributed by atoms with Crippen LogP contribution < -0.4 is 0 Å². The van der Waals surface area contributed by atoms with Crippen LogP contribution in [0.25, 0.3) is 0 Å². The van der Waals surface area contributed by atoms with Crippen molar-refractivity contribution in [1.29, 1.82) is 0 Å². The maximum absolute atomic E-state index is 4.40. The Kier molecular flexibility index (Phi) is 1.37. The summed E-state index contributed by atoms with van der Waals surface area (Å²) >= 11 is 0. The molecule has 0 saturated carbocycles. The van der Waals surface area contributed by atoms with Gasteiger partial charge in [-0.1, -0.05) is 19.1 Å². The summed E-state index contributed by atoms with van der Waals surface area (Å²) in [6.07, 6.45) is 9.07. The lowest BCUT2D eigenvalue weighted by atomic mass is 9.81. The molecule has 1 heteroatoms.